The summed E-state index contributed by atoms with van der Waals surface area (Å²) in [6, 6.07) is 26.9. The van der Waals surface area contributed by atoms with E-state index in [2.05, 4.69) is 20.8 Å². The highest BCUT2D eigenvalue weighted by atomic mass is 32.3. The molecular weight excluding hydrogens is 553 g/mol. The molecule has 2 bridgehead atoms. The molecule has 0 saturated heterocycles. The molecule has 2 unspecified atom stereocenters. The van der Waals surface area contributed by atoms with Crippen molar-refractivity contribution in [2.24, 2.45) is 16.7 Å². The fourth-order valence-electron chi connectivity index (χ4n) is 6.79. The summed E-state index contributed by atoms with van der Waals surface area (Å²) in [6.07, 6.45) is 6.43. The molecule has 0 N–H and O–H groups in total. The number of fused-ring (bicyclic) bond motifs is 2. The van der Waals surface area contributed by atoms with Gasteiger partial charge in [-0.2, -0.15) is 8.42 Å². The van der Waals surface area contributed by atoms with Crippen LogP contribution in [-0.4, -0.2) is 26.6 Å². The van der Waals surface area contributed by atoms with Gasteiger partial charge in [0.15, 0.2) is 0 Å². The molecule has 7 heteroatoms. The minimum Gasteiger partial charge on any atom is -0.494 e. The molecule has 41 heavy (non-hydrogen) atoms. The van der Waals surface area contributed by atoms with Crippen molar-refractivity contribution >= 4 is 26.2 Å². The molecule has 2 aliphatic rings. The van der Waals surface area contributed by atoms with Crippen LogP contribution in [0, 0.1) is 16.7 Å². The zero-order chi connectivity index (χ0) is 29.1. The molecule has 0 heterocycles. The second-order valence-electron chi connectivity index (χ2n) is 12.0. The third-order valence-corrected chi connectivity index (χ3v) is 14.6. The van der Waals surface area contributed by atoms with Crippen LogP contribution in [-0.2, 0) is 18.5 Å². The lowest BCUT2D eigenvalue weighted by Crippen LogP contribution is -2.42. The van der Waals surface area contributed by atoms with Crippen LogP contribution in [0.2, 0.25) is 0 Å². The van der Waals surface area contributed by atoms with Crippen molar-refractivity contribution in [3.63, 3.8) is 0 Å². The van der Waals surface area contributed by atoms with Crippen LogP contribution >= 0.6 is 10.3 Å². The standard InChI is InChI=1S/C34H42O5S2/c1-4-5-6-13-24-38-28-18-20-31(21-19-28)41(29-14-9-7-10-15-29,30-16-11-8-12-17-30)39-40(36,37)26-34-23-22-27(25-32(34)35)33(34,2)3/h7-12,14-21,27H,4-6,13,22-26H2,1-3H3. The molecule has 2 fully saturated rings. The number of Topliss-reactive ketones (excluding diaryl/α,β-unsaturated/α-hetero) is 1. The summed E-state index contributed by atoms with van der Waals surface area (Å²) in [5.74, 6) is 0.735. The summed E-state index contributed by atoms with van der Waals surface area (Å²) in [5, 5.41) is 0. The van der Waals surface area contributed by atoms with E-state index in [1.54, 1.807) is 0 Å². The SMILES string of the molecule is CCCCCCOc1ccc(S(OS(=O)(=O)CC23CCC(CC2=O)C3(C)C)(c2ccccc2)c2ccccc2)cc1. The smallest absolute Gasteiger partial charge is 0.278 e. The molecule has 5 rings (SSSR count). The van der Waals surface area contributed by atoms with Crippen molar-refractivity contribution in [1.29, 1.82) is 0 Å². The van der Waals surface area contributed by atoms with Crippen LogP contribution in [0.15, 0.2) is 99.6 Å². The van der Waals surface area contributed by atoms with Crippen molar-refractivity contribution in [1.82, 2.24) is 0 Å². The maximum absolute atomic E-state index is 14.3. The molecule has 2 atom stereocenters. The van der Waals surface area contributed by atoms with Crippen LogP contribution in [0.1, 0.15) is 65.7 Å². The molecular formula is C34H42O5S2. The Balaban J connectivity index is 1.55. The maximum Gasteiger partial charge on any atom is 0.278 e. The summed E-state index contributed by atoms with van der Waals surface area (Å²) in [4.78, 5) is 15.6. The summed E-state index contributed by atoms with van der Waals surface area (Å²) in [5.41, 5.74) is -1.29. The normalized spacial score (nSPS) is 22.1. The summed E-state index contributed by atoms with van der Waals surface area (Å²) >= 11 is 0. The highest BCUT2D eigenvalue weighted by molar-refractivity contribution is 8.33. The van der Waals surface area contributed by atoms with E-state index in [9.17, 15) is 13.2 Å². The number of ketones is 1. The monoisotopic (exact) mass is 594 g/mol. The number of hydrogen-bond donors (Lipinski definition) is 0. The highest BCUT2D eigenvalue weighted by Gasteiger charge is 2.65. The quantitative estimate of drug-likeness (QED) is 0.185. The van der Waals surface area contributed by atoms with Gasteiger partial charge >= 0.3 is 0 Å². The van der Waals surface area contributed by atoms with Crippen molar-refractivity contribution < 1.29 is 21.6 Å². The molecule has 0 spiro atoms. The molecule has 0 aromatic heterocycles. The summed E-state index contributed by atoms with van der Waals surface area (Å²) in [6.45, 7) is 6.94. The summed E-state index contributed by atoms with van der Waals surface area (Å²) in [7, 11) is -6.88. The Morgan fingerprint density at radius 2 is 1.39 bits per heavy atom. The molecule has 0 amide bonds. The van der Waals surface area contributed by atoms with Gasteiger partial charge in [-0.1, -0.05) is 76.4 Å². The molecule has 0 radical (unpaired) electrons. The van der Waals surface area contributed by atoms with Crippen LogP contribution in [0.5, 0.6) is 5.75 Å². The first-order valence-electron chi connectivity index (χ1n) is 14.8. The highest BCUT2D eigenvalue weighted by Crippen LogP contribution is 2.71. The third-order valence-electron chi connectivity index (χ3n) is 9.34. The molecule has 2 aliphatic carbocycles. The first-order chi connectivity index (χ1) is 19.6. The summed E-state index contributed by atoms with van der Waals surface area (Å²) < 4.78 is 41.1. The van der Waals surface area contributed by atoms with Gasteiger partial charge in [0.1, 0.15) is 11.5 Å². The van der Waals surface area contributed by atoms with E-state index in [0.29, 0.717) is 19.4 Å². The number of ether oxygens (including phenoxy) is 1. The molecule has 3 aromatic carbocycles. The lowest BCUT2D eigenvalue weighted by molar-refractivity contribution is -0.128. The average molecular weight is 595 g/mol. The lowest BCUT2D eigenvalue weighted by Gasteiger charge is -2.41. The Bertz CT molecular complexity index is 1400. The number of unbranched alkanes of at least 4 members (excludes halogenated alkanes) is 3. The first kappa shape index (κ1) is 29.9. The largest absolute Gasteiger partial charge is 0.494 e. The van der Waals surface area contributed by atoms with Gasteiger partial charge in [0.05, 0.1) is 17.8 Å². The van der Waals surface area contributed by atoms with Gasteiger partial charge in [0.2, 0.25) is 0 Å². The Morgan fingerprint density at radius 1 is 0.805 bits per heavy atom. The minimum atomic E-state index is -4.16. The fourth-order valence-corrected chi connectivity index (χ4v) is 12.9. The molecule has 0 aliphatic heterocycles. The third kappa shape index (κ3) is 5.61. The number of carbonyl (C=O) groups is 1. The number of rotatable bonds is 13. The van der Waals surface area contributed by atoms with Gasteiger partial charge < -0.3 is 4.74 Å². The predicted octanol–water partition coefficient (Wildman–Crippen LogP) is 8.58. The van der Waals surface area contributed by atoms with E-state index in [0.717, 1.165) is 39.7 Å². The molecule has 5 nitrogen and oxygen atoms in total. The maximum atomic E-state index is 14.3. The molecule has 3 aromatic rings. The fraction of sp³-hybridized carbons (Fsp3) is 0.441. The van der Waals surface area contributed by atoms with Crippen LogP contribution < -0.4 is 4.74 Å². The van der Waals surface area contributed by atoms with Crippen molar-refractivity contribution in [2.75, 3.05) is 12.4 Å². The Hall–Kier alpha value is -2.61. The van der Waals surface area contributed by atoms with E-state index in [-0.39, 0.29) is 22.9 Å². The van der Waals surface area contributed by atoms with E-state index >= 15 is 0 Å². The van der Waals surface area contributed by atoms with E-state index in [4.69, 9.17) is 8.37 Å². The van der Waals surface area contributed by atoms with Gasteiger partial charge in [-0.25, -0.2) is 3.63 Å². The Morgan fingerprint density at radius 3 is 1.90 bits per heavy atom. The number of benzene rings is 3. The number of carbonyl (C=O) groups excluding carboxylic acids is 1. The Kier molecular flexibility index (Phi) is 8.70. The van der Waals surface area contributed by atoms with E-state index < -0.39 is 25.8 Å². The van der Waals surface area contributed by atoms with Gasteiger partial charge in [0.25, 0.3) is 10.1 Å². The van der Waals surface area contributed by atoms with E-state index in [1.165, 1.54) is 12.8 Å². The second kappa shape index (κ2) is 11.9. The van der Waals surface area contributed by atoms with Crippen LogP contribution in [0.4, 0.5) is 0 Å². The lowest BCUT2D eigenvalue weighted by atomic mass is 9.70. The van der Waals surface area contributed by atoms with Gasteiger partial charge in [0, 0.05) is 21.1 Å². The zero-order valence-electron chi connectivity index (χ0n) is 24.4. The average Bonchev–Trinajstić information content (AvgIpc) is 3.31. The number of hydrogen-bond acceptors (Lipinski definition) is 5. The van der Waals surface area contributed by atoms with Gasteiger partial charge in [-0.3, -0.25) is 4.79 Å². The van der Waals surface area contributed by atoms with Gasteiger partial charge in [-0.05, 0) is 89.4 Å². The minimum absolute atomic E-state index is 0.0615. The Labute approximate surface area is 247 Å². The van der Waals surface area contributed by atoms with Gasteiger partial charge in [-0.15, -0.1) is 0 Å². The zero-order valence-corrected chi connectivity index (χ0v) is 26.0. The predicted molar refractivity (Wildman–Crippen MR) is 165 cm³/mol. The van der Waals surface area contributed by atoms with Crippen molar-refractivity contribution in [3.05, 3.63) is 84.9 Å². The van der Waals surface area contributed by atoms with Crippen molar-refractivity contribution in [3.8, 4) is 5.75 Å². The second-order valence-corrected chi connectivity index (χ2v) is 16.5. The first-order valence-corrected chi connectivity index (χ1v) is 17.9. The van der Waals surface area contributed by atoms with Crippen LogP contribution in [0.3, 0.4) is 0 Å². The molecule has 220 valence electrons. The van der Waals surface area contributed by atoms with Crippen LogP contribution in [0.25, 0.3) is 0 Å². The van der Waals surface area contributed by atoms with Crippen molar-refractivity contribution in [2.45, 2.75) is 80.4 Å². The van der Waals surface area contributed by atoms with E-state index in [1.807, 2.05) is 84.9 Å². The topological polar surface area (TPSA) is 69.7 Å². The molecule has 2 saturated carbocycles.